The molecule has 0 radical (unpaired) electrons. The van der Waals surface area contributed by atoms with Crippen LogP contribution in [-0.4, -0.2) is 8.42 Å². The lowest BCUT2D eigenvalue weighted by atomic mass is 10.1. The van der Waals surface area contributed by atoms with Crippen LogP contribution in [0.2, 0.25) is 0 Å². The number of fused-ring (bicyclic) bond motifs is 1. The van der Waals surface area contributed by atoms with Gasteiger partial charge in [-0.25, -0.2) is 8.42 Å². The Hall–Kier alpha value is -1.35. The molecule has 0 aliphatic heterocycles. The quantitative estimate of drug-likeness (QED) is 0.725. The van der Waals surface area contributed by atoms with Gasteiger partial charge in [0.05, 0.1) is 4.90 Å². The minimum Gasteiger partial charge on any atom is -0.227 e. The normalized spacial score (nSPS) is 11.0. The van der Waals surface area contributed by atoms with Crippen LogP contribution < -0.4 is 0 Å². The van der Waals surface area contributed by atoms with E-state index in [1.807, 2.05) is 31.2 Å². The van der Waals surface area contributed by atoms with Gasteiger partial charge in [-0.3, -0.25) is 0 Å². The second kappa shape index (κ2) is 3.42. The average Bonchev–Trinajstić information content (AvgIpc) is 2.16. The highest BCUT2D eigenvalue weighted by molar-refractivity contribution is 7.72. The van der Waals surface area contributed by atoms with Crippen LogP contribution in [0.25, 0.3) is 10.8 Å². The van der Waals surface area contributed by atoms with Crippen molar-refractivity contribution < 1.29 is 8.42 Å². The second-order valence-electron chi connectivity index (χ2n) is 3.29. The molecule has 2 aromatic rings. The third-order valence-corrected chi connectivity index (χ3v) is 2.89. The van der Waals surface area contributed by atoms with Crippen LogP contribution in [0.4, 0.5) is 0 Å². The van der Waals surface area contributed by atoms with E-state index in [9.17, 15) is 8.42 Å². The number of rotatable bonds is 1. The Bertz CT molecular complexity index is 548. The zero-order valence-corrected chi connectivity index (χ0v) is 8.62. The Balaban J connectivity index is 2.73. The first-order valence-electron chi connectivity index (χ1n) is 4.31. The van der Waals surface area contributed by atoms with Crippen molar-refractivity contribution in [3.05, 3.63) is 42.0 Å². The van der Waals surface area contributed by atoms with Crippen LogP contribution in [0.15, 0.2) is 41.3 Å². The number of benzene rings is 2. The van der Waals surface area contributed by atoms with Crippen molar-refractivity contribution in [1.82, 2.24) is 0 Å². The Labute approximate surface area is 84.1 Å². The average molecular weight is 206 g/mol. The molecule has 0 heterocycles. The zero-order valence-electron chi connectivity index (χ0n) is 7.73. The summed E-state index contributed by atoms with van der Waals surface area (Å²) in [4.78, 5) is 0.372. The lowest BCUT2D eigenvalue weighted by Gasteiger charge is -1.99. The molecule has 0 fully saturated rings. The first kappa shape index (κ1) is 9.21. The fourth-order valence-corrected chi connectivity index (χ4v) is 1.91. The smallest absolute Gasteiger partial charge is 0.168 e. The zero-order chi connectivity index (χ0) is 10.1. The third kappa shape index (κ3) is 1.63. The van der Waals surface area contributed by atoms with E-state index < -0.39 is 10.7 Å². The molecular weight excluding hydrogens is 196 g/mol. The van der Waals surface area contributed by atoms with Crippen LogP contribution in [-0.2, 0) is 10.7 Å². The predicted molar refractivity (Wildman–Crippen MR) is 57.3 cm³/mol. The topological polar surface area (TPSA) is 34.1 Å². The lowest BCUT2D eigenvalue weighted by Crippen LogP contribution is -1.81. The minimum atomic E-state index is -2.48. The molecule has 0 bridgehead atoms. The third-order valence-electron chi connectivity index (χ3n) is 2.19. The molecule has 0 saturated carbocycles. The molecule has 0 amide bonds. The highest BCUT2D eigenvalue weighted by Crippen LogP contribution is 2.18. The Morgan fingerprint density at radius 1 is 0.929 bits per heavy atom. The summed E-state index contributed by atoms with van der Waals surface area (Å²) < 4.78 is 21.5. The van der Waals surface area contributed by atoms with Gasteiger partial charge < -0.3 is 0 Å². The maximum Gasteiger partial charge on any atom is 0.168 e. The molecule has 0 saturated heterocycles. The summed E-state index contributed by atoms with van der Waals surface area (Å²) in [6.45, 7) is 2.02. The van der Waals surface area contributed by atoms with E-state index in [1.165, 1.54) is 5.56 Å². The predicted octanol–water partition coefficient (Wildman–Crippen LogP) is 2.12. The number of hydrogen-bond donors (Lipinski definition) is 1. The van der Waals surface area contributed by atoms with Gasteiger partial charge in [0.1, 0.15) is 0 Å². The maximum absolute atomic E-state index is 10.7. The number of thiol groups is 1. The molecule has 0 atom stereocenters. The second-order valence-corrected chi connectivity index (χ2v) is 4.32. The van der Waals surface area contributed by atoms with E-state index in [0.29, 0.717) is 4.90 Å². The van der Waals surface area contributed by atoms with E-state index in [1.54, 1.807) is 12.1 Å². The fourth-order valence-electron chi connectivity index (χ4n) is 1.47. The number of hydrogen-bond acceptors (Lipinski definition) is 2. The van der Waals surface area contributed by atoms with Crippen LogP contribution in [0.3, 0.4) is 0 Å². The van der Waals surface area contributed by atoms with Gasteiger partial charge in [-0.05, 0) is 29.8 Å². The van der Waals surface area contributed by atoms with Crippen molar-refractivity contribution in [2.45, 2.75) is 11.8 Å². The van der Waals surface area contributed by atoms with E-state index in [-0.39, 0.29) is 0 Å². The van der Waals surface area contributed by atoms with Gasteiger partial charge in [-0.1, -0.05) is 29.8 Å². The molecule has 0 aromatic heterocycles. The van der Waals surface area contributed by atoms with E-state index in [2.05, 4.69) is 0 Å². The molecular formula is C11H10O2S. The van der Waals surface area contributed by atoms with E-state index >= 15 is 0 Å². The highest BCUT2D eigenvalue weighted by Gasteiger charge is 1.97. The molecule has 0 N–H and O–H groups in total. The SMILES string of the molecule is Cc1ccc2cc([SH](=O)=O)ccc2c1. The summed E-state index contributed by atoms with van der Waals surface area (Å²) in [5, 5.41) is 2.04. The molecule has 0 aliphatic carbocycles. The Morgan fingerprint density at radius 2 is 1.57 bits per heavy atom. The molecule has 0 spiro atoms. The summed E-state index contributed by atoms with van der Waals surface area (Å²) in [5.74, 6) is 0. The van der Waals surface area contributed by atoms with Crippen molar-refractivity contribution in [2.75, 3.05) is 0 Å². The largest absolute Gasteiger partial charge is 0.227 e. The van der Waals surface area contributed by atoms with Gasteiger partial charge in [-0.15, -0.1) is 0 Å². The summed E-state index contributed by atoms with van der Waals surface area (Å²) in [7, 11) is -2.48. The molecule has 14 heavy (non-hydrogen) atoms. The molecule has 3 heteroatoms. The summed E-state index contributed by atoms with van der Waals surface area (Å²) in [5.41, 5.74) is 1.18. The fraction of sp³-hybridized carbons (Fsp3) is 0.0909. The molecule has 72 valence electrons. The summed E-state index contributed by atoms with van der Waals surface area (Å²) in [6.07, 6.45) is 0. The monoisotopic (exact) mass is 206 g/mol. The van der Waals surface area contributed by atoms with E-state index in [0.717, 1.165) is 10.8 Å². The van der Waals surface area contributed by atoms with Gasteiger partial charge in [0.2, 0.25) is 0 Å². The van der Waals surface area contributed by atoms with Crippen LogP contribution >= 0.6 is 0 Å². The maximum atomic E-state index is 10.7. The van der Waals surface area contributed by atoms with Crippen molar-refractivity contribution in [2.24, 2.45) is 0 Å². The van der Waals surface area contributed by atoms with Gasteiger partial charge in [0.15, 0.2) is 10.7 Å². The lowest BCUT2D eigenvalue weighted by molar-refractivity contribution is 0.614. The molecule has 2 aromatic carbocycles. The standard InChI is InChI=1S/C11H10O2S/c1-8-2-3-10-7-11(14(12)13)5-4-9(10)6-8/h2-7,14H,1H3. The first-order valence-corrected chi connectivity index (χ1v) is 5.49. The molecule has 2 rings (SSSR count). The van der Waals surface area contributed by atoms with Gasteiger partial charge in [0.25, 0.3) is 0 Å². The number of aryl methyl sites for hydroxylation is 1. The van der Waals surface area contributed by atoms with Gasteiger partial charge in [-0.2, -0.15) is 0 Å². The van der Waals surface area contributed by atoms with Gasteiger partial charge >= 0.3 is 0 Å². The van der Waals surface area contributed by atoms with E-state index in [4.69, 9.17) is 0 Å². The highest BCUT2D eigenvalue weighted by atomic mass is 32.2. The van der Waals surface area contributed by atoms with Crippen LogP contribution in [0, 0.1) is 6.92 Å². The summed E-state index contributed by atoms with van der Waals surface area (Å²) in [6, 6.07) is 11.1. The van der Waals surface area contributed by atoms with Crippen molar-refractivity contribution in [3.8, 4) is 0 Å². The summed E-state index contributed by atoms with van der Waals surface area (Å²) >= 11 is 0. The van der Waals surface area contributed by atoms with Gasteiger partial charge in [0, 0.05) is 0 Å². The Morgan fingerprint density at radius 3 is 2.29 bits per heavy atom. The van der Waals surface area contributed by atoms with Crippen LogP contribution in [0.5, 0.6) is 0 Å². The first-order chi connectivity index (χ1) is 6.66. The van der Waals surface area contributed by atoms with Crippen molar-refractivity contribution in [1.29, 1.82) is 0 Å². The van der Waals surface area contributed by atoms with Crippen molar-refractivity contribution >= 4 is 21.5 Å². The Kier molecular flexibility index (Phi) is 2.25. The van der Waals surface area contributed by atoms with Crippen LogP contribution in [0.1, 0.15) is 5.56 Å². The minimum absolute atomic E-state index is 0.372. The van der Waals surface area contributed by atoms with Crippen molar-refractivity contribution in [3.63, 3.8) is 0 Å². The molecule has 0 unspecified atom stereocenters. The molecule has 0 aliphatic rings. The molecule has 2 nitrogen and oxygen atoms in total.